The number of benzene rings is 2. The SMILES string of the molecule is CCOc1c(C2CC2c2ccccc2C)oc2ccc(C(=O)OCCN(CC)CC)cc2c1=O. The fourth-order valence-corrected chi connectivity index (χ4v) is 4.57. The lowest BCUT2D eigenvalue weighted by molar-refractivity contribution is 0.0466. The molecule has 0 bridgehead atoms. The van der Waals surface area contributed by atoms with Gasteiger partial charge in [-0.05, 0) is 68.6 Å². The second kappa shape index (κ2) is 10.4. The fourth-order valence-electron chi connectivity index (χ4n) is 4.57. The maximum atomic E-state index is 13.4. The molecule has 180 valence electrons. The van der Waals surface area contributed by atoms with Crippen LogP contribution < -0.4 is 10.2 Å². The summed E-state index contributed by atoms with van der Waals surface area (Å²) in [7, 11) is 0. The van der Waals surface area contributed by atoms with Crippen molar-refractivity contribution in [3.8, 4) is 5.75 Å². The van der Waals surface area contributed by atoms with Crippen LogP contribution in [0.5, 0.6) is 5.75 Å². The number of nitrogens with zero attached hydrogens (tertiary/aromatic N) is 1. The largest absolute Gasteiger partial charge is 0.487 e. The van der Waals surface area contributed by atoms with Gasteiger partial charge >= 0.3 is 5.97 Å². The average molecular weight is 464 g/mol. The van der Waals surface area contributed by atoms with Gasteiger partial charge in [-0.1, -0.05) is 38.1 Å². The Morgan fingerprint density at radius 3 is 2.56 bits per heavy atom. The lowest BCUT2D eigenvalue weighted by Crippen LogP contribution is -2.27. The lowest BCUT2D eigenvalue weighted by atomic mass is 10.0. The first-order chi connectivity index (χ1) is 16.5. The average Bonchev–Trinajstić information content (AvgIpc) is 3.64. The summed E-state index contributed by atoms with van der Waals surface area (Å²) in [4.78, 5) is 28.2. The van der Waals surface area contributed by atoms with E-state index >= 15 is 0 Å². The minimum absolute atomic E-state index is 0.101. The highest BCUT2D eigenvalue weighted by Crippen LogP contribution is 2.57. The molecule has 6 heteroatoms. The summed E-state index contributed by atoms with van der Waals surface area (Å²) in [6, 6.07) is 13.2. The summed E-state index contributed by atoms with van der Waals surface area (Å²) in [5.74, 6) is 0.813. The Bertz CT molecular complexity index is 1230. The van der Waals surface area contributed by atoms with E-state index in [1.54, 1.807) is 18.2 Å². The molecule has 2 atom stereocenters. The van der Waals surface area contributed by atoms with Crippen molar-refractivity contribution in [2.24, 2.45) is 0 Å². The summed E-state index contributed by atoms with van der Waals surface area (Å²) in [5.41, 5.74) is 3.06. The van der Waals surface area contributed by atoms with Crippen LogP contribution in [0, 0.1) is 6.92 Å². The fraction of sp³-hybridized carbons (Fsp3) is 0.429. The van der Waals surface area contributed by atoms with Crippen LogP contribution >= 0.6 is 0 Å². The van der Waals surface area contributed by atoms with Crippen molar-refractivity contribution in [2.75, 3.05) is 32.8 Å². The molecule has 34 heavy (non-hydrogen) atoms. The molecule has 1 aromatic heterocycles. The van der Waals surface area contributed by atoms with Crippen molar-refractivity contribution in [3.63, 3.8) is 0 Å². The van der Waals surface area contributed by atoms with Gasteiger partial charge < -0.3 is 18.8 Å². The van der Waals surface area contributed by atoms with E-state index in [0.717, 1.165) is 19.5 Å². The predicted octanol–water partition coefficient (Wildman–Crippen LogP) is 5.27. The first-order valence-corrected chi connectivity index (χ1v) is 12.2. The van der Waals surface area contributed by atoms with Crippen LogP contribution in [-0.2, 0) is 4.74 Å². The summed E-state index contributed by atoms with van der Waals surface area (Å²) in [6.07, 6.45) is 0.913. The molecule has 2 unspecified atom stereocenters. The molecule has 1 aliphatic rings. The third-order valence-corrected chi connectivity index (χ3v) is 6.65. The smallest absolute Gasteiger partial charge is 0.338 e. The number of aryl methyl sites for hydroxylation is 1. The summed E-state index contributed by atoms with van der Waals surface area (Å²) < 4.78 is 17.4. The monoisotopic (exact) mass is 463 g/mol. The molecule has 4 rings (SSSR count). The predicted molar refractivity (Wildman–Crippen MR) is 133 cm³/mol. The quantitative estimate of drug-likeness (QED) is 0.382. The summed E-state index contributed by atoms with van der Waals surface area (Å²) in [5, 5.41) is 0.332. The zero-order valence-electron chi connectivity index (χ0n) is 20.4. The Kier molecular flexibility index (Phi) is 7.37. The molecule has 1 heterocycles. The number of likely N-dealkylation sites (N-methyl/N-ethyl adjacent to an activating group) is 1. The van der Waals surface area contributed by atoms with E-state index in [2.05, 4.69) is 37.8 Å². The van der Waals surface area contributed by atoms with Crippen LogP contribution in [0.2, 0.25) is 0 Å². The maximum Gasteiger partial charge on any atom is 0.338 e. The Morgan fingerprint density at radius 1 is 1.09 bits per heavy atom. The zero-order chi connectivity index (χ0) is 24.2. The molecule has 0 radical (unpaired) electrons. The third-order valence-electron chi connectivity index (χ3n) is 6.65. The van der Waals surface area contributed by atoms with E-state index in [4.69, 9.17) is 13.9 Å². The molecule has 0 aliphatic heterocycles. The molecule has 1 aliphatic carbocycles. The van der Waals surface area contributed by atoms with Crippen LogP contribution in [0.4, 0.5) is 0 Å². The zero-order valence-corrected chi connectivity index (χ0v) is 20.4. The van der Waals surface area contributed by atoms with Gasteiger partial charge in [0.1, 0.15) is 12.2 Å². The van der Waals surface area contributed by atoms with Gasteiger partial charge in [-0.2, -0.15) is 0 Å². The Hall–Kier alpha value is -3.12. The molecule has 2 aromatic carbocycles. The van der Waals surface area contributed by atoms with Crippen molar-refractivity contribution in [2.45, 2.75) is 46.0 Å². The van der Waals surface area contributed by atoms with E-state index < -0.39 is 5.97 Å². The van der Waals surface area contributed by atoms with Gasteiger partial charge in [0.25, 0.3) is 0 Å². The van der Waals surface area contributed by atoms with Crippen LogP contribution in [0.1, 0.15) is 66.3 Å². The highest BCUT2D eigenvalue weighted by molar-refractivity contribution is 5.94. The van der Waals surface area contributed by atoms with Gasteiger partial charge in [0.15, 0.2) is 5.76 Å². The number of rotatable bonds is 10. The number of fused-ring (bicyclic) bond motifs is 1. The van der Waals surface area contributed by atoms with Crippen LogP contribution in [0.3, 0.4) is 0 Å². The van der Waals surface area contributed by atoms with Crippen molar-refractivity contribution in [3.05, 3.63) is 75.1 Å². The molecule has 0 N–H and O–H groups in total. The van der Waals surface area contributed by atoms with Gasteiger partial charge in [-0.25, -0.2) is 4.79 Å². The maximum absolute atomic E-state index is 13.4. The number of ether oxygens (including phenoxy) is 2. The van der Waals surface area contributed by atoms with Crippen LogP contribution in [-0.4, -0.2) is 43.7 Å². The molecular weight excluding hydrogens is 430 g/mol. The van der Waals surface area contributed by atoms with Gasteiger partial charge in [0, 0.05) is 12.5 Å². The molecule has 3 aromatic rings. The van der Waals surface area contributed by atoms with Crippen LogP contribution in [0.15, 0.2) is 51.7 Å². The standard InChI is InChI=1S/C28H33NO5/c1-5-29(6-2)14-15-33-28(31)19-12-13-24-23(16-19)25(30)27(32-7-3)26(34-24)22-17-21(22)20-11-9-8-10-18(20)4/h8-13,16,21-22H,5-7,14-15,17H2,1-4H3. The second-order valence-corrected chi connectivity index (χ2v) is 8.74. The molecule has 0 saturated heterocycles. The van der Waals surface area contributed by atoms with Gasteiger partial charge in [0.2, 0.25) is 11.2 Å². The second-order valence-electron chi connectivity index (χ2n) is 8.74. The molecule has 0 amide bonds. The first-order valence-electron chi connectivity index (χ1n) is 12.2. The van der Waals surface area contributed by atoms with Crippen molar-refractivity contribution in [1.29, 1.82) is 0 Å². The Labute approximate surface area is 200 Å². The highest BCUT2D eigenvalue weighted by atomic mass is 16.5. The minimum atomic E-state index is -0.447. The van der Waals surface area contributed by atoms with E-state index in [0.29, 0.717) is 48.0 Å². The van der Waals surface area contributed by atoms with E-state index in [1.807, 2.05) is 19.1 Å². The first kappa shape index (κ1) is 24.0. The molecular formula is C28H33NO5. The molecule has 6 nitrogen and oxygen atoms in total. The summed E-state index contributed by atoms with van der Waals surface area (Å²) >= 11 is 0. The number of esters is 1. The summed E-state index contributed by atoms with van der Waals surface area (Å²) in [6.45, 7) is 11.2. The normalized spacial score (nSPS) is 17.2. The molecule has 1 fully saturated rings. The van der Waals surface area contributed by atoms with Crippen LogP contribution in [0.25, 0.3) is 11.0 Å². The minimum Gasteiger partial charge on any atom is -0.487 e. The molecule has 0 spiro atoms. The van der Waals surface area contributed by atoms with E-state index in [-0.39, 0.29) is 17.1 Å². The lowest BCUT2D eigenvalue weighted by Gasteiger charge is -2.17. The van der Waals surface area contributed by atoms with E-state index in [9.17, 15) is 9.59 Å². The molecule has 1 saturated carbocycles. The number of hydrogen-bond donors (Lipinski definition) is 0. The number of carbonyl (C=O) groups is 1. The van der Waals surface area contributed by atoms with Gasteiger partial charge in [-0.15, -0.1) is 0 Å². The topological polar surface area (TPSA) is 69.0 Å². The van der Waals surface area contributed by atoms with Crippen molar-refractivity contribution >= 4 is 16.9 Å². The Morgan fingerprint density at radius 2 is 1.85 bits per heavy atom. The Balaban J connectivity index is 1.61. The van der Waals surface area contributed by atoms with Gasteiger partial charge in [0.05, 0.1) is 17.6 Å². The number of hydrogen-bond acceptors (Lipinski definition) is 6. The van der Waals surface area contributed by atoms with Crippen molar-refractivity contribution in [1.82, 2.24) is 4.90 Å². The van der Waals surface area contributed by atoms with Gasteiger partial charge in [-0.3, -0.25) is 4.79 Å². The number of carbonyl (C=O) groups excluding carboxylic acids is 1. The van der Waals surface area contributed by atoms with E-state index in [1.165, 1.54) is 11.1 Å². The third kappa shape index (κ3) is 4.87. The van der Waals surface area contributed by atoms with Crippen molar-refractivity contribution < 1.29 is 18.7 Å². The highest BCUT2D eigenvalue weighted by Gasteiger charge is 2.44.